The predicted molar refractivity (Wildman–Crippen MR) is 56.7 cm³/mol. The molecule has 0 bridgehead atoms. The average molecular weight is 216 g/mol. The molecule has 5 heteroatoms. The summed E-state index contributed by atoms with van der Waals surface area (Å²) in [7, 11) is 1.51. The number of nitrogens with one attached hydrogen (secondary N) is 2. The van der Waals surface area contributed by atoms with Crippen LogP contribution >= 0.6 is 0 Å². The predicted octanol–water partition coefficient (Wildman–Crippen LogP) is -0.482. The van der Waals surface area contributed by atoms with Crippen LogP contribution in [-0.2, 0) is 14.3 Å². The van der Waals surface area contributed by atoms with Crippen LogP contribution < -0.4 is 10.6 Å². The van der Waals surface area contributed by atoms with Gasteiger partial charge in [0.2, 0.25) is 5.91 Å². The number of amides is 1. The third-order valence-corrected chi connectivity index (χ3v) is 2.34. The first-order valence-corrected chi connectivity index (χ1v) is 5.41. The van der Waals surface area contributed by atoms with Crippen LogP contribution in [0.15, 0.2) is 0 Å². The molecule has 2 N–H and O–H groups in total. The monoisotopic (exact) mass is 216 g/mol. The van der Waals surface area contributed by atoms with Crippen LogP contribution in [0.3, 0.4) is 0 Å². The van der Waals surface area contributed by atoms with Gasteiger partial charge in [-0.1, -0.05) is 0 Å². The maximum atomic E-state index is 11.0. The fourth-order valence-corrected chi connectivity index (χ4v) is 1.56. The maximum absolute atomic E-state index is 11.0. The highest BCUT2D eigenvalue weighted by molar-refractivity contribution is 5.77. The zero-order valence-electron chi connectivity index (χ0n) is 9.25. The summed E-state index contributed by atoms with van der Waals surface area (Å²) in [5, 5.41) is 5.99. The lowest BCUT2D eigenvalue weighted by Crippen LogP contribution is -2.35. The second-order valence-corrected chi connectivity index (χ2v) is 3.60. The Morgan fingerprint density at radius 3 is 2.87 bits per heavy atom. The van der Waals surface area contributed by atoms with Crippen LogP contribution in [0.1, 0.15) is 12.8 Å². The molecule has 0 saturated carbocycles. The van der Waals surface area contributed by atoms with Gasteiger partial charge >= 0.3 is 0 Å². The lowest BCUT2D eigenvalue weighted by Gasteiger charge is -2.22. The number of carbonyl (C=O) groups is 1. The highest BCUT2D eigenvalue weighted by Gasteiger charge is 2.12. The summed E-state index contributed by atoms with van der Waals surface area (Å²) in [4.78, 5) is 11.0. The van der Waals surface area contributed by atoms with Gasteiger partial charge in [-0.25, -0.2) is 0 Å². The fraction of sp³-hybridized carbons (Fsp3) is 0.900. The van der Waals surface area contributed by atoms with E-state index in [2.05, 4.69) is 15.4 Å². The summed E-state index contributed by atoms with van der Waals surface area (Å²) in [6, 6.07) is 0. The summed E-state index contributed by atoms with van der Waals surface area (Å²) in [5.41, 5.74) is 0. The molecule has 15 heavy (non-hydrogen) atoms. The Kier molecular flexibility index (Phi) is 6.31. The molecule has 5 nitrogen and oxygen atoms in total. The van der Waals surface area contributed by atoms with Gasteiger partial charge in [-0.2, -0.15) is 0 Å². The number of methoxy groups -OCH3 is 1. The van der Waals surface area contributed by atoms with Crippen molar-refractivity contribution in [1.29, 1.82) is 0 Å². The van der Waals surface area contributed by atoms with E-state index in [1.54, 1.807) is 0 Å². The van der Waals surface area contributed by atoms with Gasteiger partial charge in [0.15, 0.2) is 0 Å². The van der Waals surface area contributed by atoms with Crippen LogP contribution in [0.2, 0.25) is 0 Å². The van der Waals surface area contributed by atoms with E-state index in [9.17, 15) is 4.79 Å². The first kappa shape index (κ1) is 12.4. The largest absolute Gasteiger partial charge is 0.376 e. The van der Waals surface area contributed by atoms with E-state index in [1.165, 1.54) is 7.11 Å². The summed E-state index contributed by atoms with van der Waals surface area (Å²) in [6.45, 7) is 3.32. The molecule has 1 fully saturated rings. The van der Waals surface area contributed by atoms with Crippen molar-refractivity contribution < 1.29 is 14.3 Å². The number of piperidine rings is 1. The Labute approximate surface area is 90.5 Å². The lowest BCUT2D eigenvalue weighted by atomic mass is 10.1. The number of ether oxygens (including phenoxy) is 2. The van der Waals surface area contributed by atoms with E-state index in [-0.39, 0.29) is 12.5 Å². The fourth-order valence-electron chi connectivity index (χ4n) is 1.56. The Hall–Kier alpha value is -0.650. The molecule has 0 atom stereocenters. The van der Waals surface area contributed by atoms with Crippen LogP contribution in [0, 0.1) is 0 Å². The number of hydrogen-bond donors (Lipinski definition) is 2. The smallest absolute Gasteiger partial charge is 0.246 e. The van der Waals surface area contributed by atoms with Crippen molar-refractivity contribution >= 4 is 5.91 Å². The van der Waals surface area contributed by atoms with Crippen LogP contribution in [0.4, 0.5) is 0 Å². The number of hydrogen-bond acceptors (Lipinski definition) is 4. The van der Waals surface area contributed by atoms with Crippen molar-refractivity contribution in [2.45, 2.75) is 18.9 Å². The molecule has 1 heterocycles. The zero-order chi connectivity index (χ0) is 10.9. The van der Waals surface area contributed by atoms with Crippen molar-refractivity contribution in [2.24, 2.45) is 0 Å². The van der Waals surface area contributed by atoms with E-state index >= 15 is 0 Å². The highest BCUT2D eigenvalue weighted by atomic mass is 16.5. The summed E-state index contributed by atoms with van der Waals surface area (Å²) in [5.74, 6) is -0.0913. The number of carbonyl (C=O) groups excluding carboxylic acids is 1. The molecule has 0 aromatic carbocycles. The van der Waals surface area contributed by atoms with Gasteiger partial charge in [0.25, 0.3) is 0 Å². The van der Waals surface area contributed by atoms with E-state index in [0.717, 1.165) is 25.9 Å². The van der Waals surface area contributed by atoms with Gasteiger partial charge in [0.1, 0.15) is 6.61 Å². The summed E-state index contributed by atoms with van der Waals surface area (Å²) < 4.78 is 10.3. The normalized spacial score (nSPS) is 17.7. The minimum atomic E-state index is -0.0913. The third kappa shape index (κ3) is 5.71. The van der Waals surface area contributed by atoms with Crippen LogP contribution in [0.5, 0.6) is 0 Å². The summed E-state index contributed by atoms with van der Waals surface area (Å²) >= 11 is 0. The molecule has 1 aliphatic rings. The molecule has 0 spiro atoms. The van der Waals surface area contributed by atoms with E-state index < -0.39 is 0 Å². The maximum Gasteiger partial charge on any atom is 0.246 e. The Morgan fingerprint density at radius 2 is 2.20 bits per heavy atom. The molecule has 0 aromatic heterocycles. The van der Waals surface area contributed by atoms with Crippen LogP contribution in [-0.4, -0.2) is 52.0 Å². The lowest BCUT2D eigenvalue weighted by molar-refractivity contribution is -0.125. The second-order valence-electron chi connectivity index (χ2n) is 3.60. The minimum Gasteiger partial charge on any atom is -0.376 e. The van der Waals surface area contributed by atoms with Gasteiger partial charge in [-0.05, 0) is 25.9 Å². The number of rotatable bonds is 6. The third-order valence-electron chi connectivity index (χ3n) is 2.34. The Balaban J connectivity index is 1.93. The van der Waals surface area contributed by atoms with Crippen molar-refractivity contribution in [3.05, 3.63) is 0 Å². The molecule has 1 rings (SSSR count). The molecule has 0 aliphatic carbocycles. The van der Waals surface area contributed by atoms with Crippen molar-refractivity contribution in [3.8, 4) is 0 Å². The van der Waals surface area contributed by atoms with E-state index in [1.807, 2.05) is 0 Å². The van der Waals surface area contributed by atoms with Gasteiger partial charge in [0.05, 0.1) is 12.7 Å². The van der Waals surface area contributed by atoms with Crippen molar-refractivity contribution in [2.75, 3.05) is 40.0 Å². The standard InChI is InChI=1S/C10H20N2O3/c1-14-8-10(13)12-6-7-15-9-2-4-11-5-3-9/h9,11H,2-8H2,1H3,(H,12,13). The van der Waals surface area contributed by atoms with Gasteiger partial charge in [0, 0.05) is 13.7 Å². The zero-order valence-corrected chi connectivity index (χ0v) is 9.25. The van der Waals surface area contributed by atoms with E-state index in [0.29, 0.717) is 19.3 Å². The van der Waals surface area contributed by atoms with Crippen molar-refractivity contribution in [1.82, 2.24) is 10.6 Å². The molecule has 0 aromatic rings. The molecule has 1 amide bonds. The topological polar surface area (TPSA) is 59.6 Å². The molecule has 1 saturated heterocycles. The quantitative estimate of drug-likeness (QED) is 0.589. The van der Waals surface area contributed by atoms with Crippen molar-refractivity contribution in [3.63, 3.8) is 0 Å². The molecular formula is C10H20N2O3. The van der Waals surface area contributed by atoms with Gasteiger partial charge in [-0.3, -0.25) is 4.79 Å². The SMILES string of the molecule is COCC(=O)NCCOC1CCNCC1. The molecular weight excluding hydrogens is 196 g/mol. The Morgan fingerprint density at radius 1 is 1.47 bits per heavy atom. The van der Waals surface area contributed by atoms with Gasteiger partial charge < -0.3 is 20.1 Å². The minimum absolute atomic E-state index is 0.0913. The summed E-state index contributed by atoms with van der Waals surface area (Å²) in [6.07, 6.45) is 2.48. The van der Waals surface area contributed by atoms with Gasteiger partial charge in [-0.15, -0.1) is 0 Å². The average Bonchev–Trinajstić information content (AvgIpc) is 2.26. The Bertz CT molecular complexity index is 182. The second kappa shape index (κ2) is 7.62. The molecule has 0 unspecified atom stereocenters. The first-order valence-electron chi connectivity index (χ1n) is 5.41. The molecule has 0 radical (unpaired) electrons. The van der Waals surface area contributed by atoms with E-state index in [4.69, 9.17) is 4.74 Å². The molecule has 1 aliphatic heterocycles. The molecule has 88 valence electrons. The highest BCUT2D eigenvalue weighted by Crippen LogP contribution is 2.05. The first-order chi connectivity index (χ1) is 7.33. The van der Waals surface area contributed by atoms with Crippen LogP contribution in [0.25, 0.3) is 0 Å².